The highest BCUT2D eigenvalue weighted by atomic mass is 19.1. The van der Waals surface area contributed by atoms with Gasteiger partial charge in [-0.25, -0.2) is 4.39 Å². The molecule has 1 fully saturated rings. The van der Waals surface area contributed by atoms with Gasteiger partial charge in [-0.1, -0.05) is 31.0 Å². The molecule has 0 heterocycles. The number of nitrogens with two attached hydrogens (primary N) is 1. The lowest BCUT2D eigenvalue weighted by Crippen LogP contribution is -2.25. The standard InChI is InChI=1S/C13H18FN/c14-13-8-4-3-7-12(13)11-6-2-1-5-10(11)9-15/h3-4,7-8,10-11H,1-2,5-6,9,15H2. The van der Waals surface area contributed by atoms with Crippen molar-refractivity contribution in [2.75, 3.05) is 6.54 Å². The van der Waals surface area contributed by atoms with E-state index in [9.17, 15) is 4.39 Å². The third-order valence-corrected chi connectivity index (χ3v) is 3.52. The van der Waals surface area contributed by atoms with E-state index in [2.05, 4.69) is 0 Å². The van der Waals surface area contributed by atoms with Crippen LogP contribution in [0.5, 0.6) is 0 Å². The second kappa shape index (κ2) is 4.75. The first-order chi connectivity index (χ1) is 7.33. The molecular weight excluding hydrogens is 189 g/mol. The summed E-state index contributed by atoms with van der Waals surface area (Å²) < 4.78 is 13.6. The van der Waals surface area contributed by atoms with E-state index in [0.29, 0.717) is 18.4 Å². The van der Waals surface area contributed by atoms with Crippen LogP contribution in [0, 0.1) is 11.7 Å². The molecular formula is C13H18FN. The van der Waals surface area contributed by atoms with Gasteiger partial charge in [0.1, 0.15) is 5.82 Å². The van der Waals surface area contributed by atoms with Crippen molar-refractivity contribution < 1.29 is 4.39 Å². The van der Waals surface area contributed by atoms with Gasteiger partial charge in [-0.15, -0.1) is 0 Å². The van der Waals surface area contributed by atoms with E-state index >= 15 is 0 Å². The summed E-state index contributed by atoms with van der Waals surface area (Å²) in [5.41, 5.74) is 6.63. The average Bonchev–Trinajstić information content (AvgIpc) is 2.30. The third kappa shape index (κ3) is 2.20. The van der Waals surface area contributed by atoms with Crippen LogP contribution in [0.25, 0.3) is 0 Å². The van der Waals surface area contributed by atoms with E-state index in [0.717, 1.165) is 18.4 Å². The lowest BCUT2D eigenvalue weighted by atomic mass is 9.75. The molecule has 2 unspecified atom stereocenters. The van der Waals surface area contributed by atoms with Crippen molar-refractivity contribution >= 4 is 0 Å². The zero-order chi connectivity index (χ0) is 10.7. The predicted molar refractivity (Wildman–Crippen MR) is 60.2 cm³/mol. The van der Waals surface area contributed by atoms with Gasteiger partial charge in [-0.2, -0.15) is 0 Å². The largest absolute Gasteiger partial charge is 0.330 e. The van der Waals surface area contributed by atoms with E-state index in [1.165, 1.54) is 12.8 Å². The first-order valence-corrected chi connectivity index (χ1v) is 5.77. The Balaban J connectivity index is 2.24. The molecule has 2 heteroatoms. The van der Waals surface area contributed by atoms with Gasteiger partial charge >= 0.3 is 0 Å². The Hall–Kier alpha value is -0.890. The average molecular weight is 207 g/mol. The monoisotopic (exact) mass is 207 g/mol. The van der Waals surface area contributed by atoms with Crippen LogP contribution in [0.15, 0.2) is 24.3 Å². The van der Waals surface area contributed by atoms with Crippen LogP contribution in [0.3, 0.4) is 0 Å². The van der Waals surface area contributed by atoms with Gasteiger partial charge in [0.05, 0.1) is 0 Å². The summed E-state index contributed by atoms with van der Waals surface area (Å²) in [6.45, 7) is 0.680. The van der Waals surface area contributed by atoms with Gasteiger partial charge in [0, 0.05) is 0 Å². The summed E-state index contributed by atoms with van der Waals surface area (Å²) in [5, 5.41) is 0. The van der Waals surface area contributed by atoms with E-state index in [1.807, 2.05) is 12.1 Å². The van der Waals surface area contributed by atoms with Crippen molar-refractivity contribution in [2.45, 2.75) is 31.6 Å². The van der Waals surface area contributed by atoms with Gasteiger partial charge in [-0.05, 0) is 42.9 Å². The maximum atomic E-state index is 13.6. The number of rotatable bonds is 2. The van der Waals surface area contributed by atoms with Crippen LogP contribution >= 0.6 is 0 Å². The van der Waals surface area contributed by atoms with E-state index in [1.54, 1.807) is 12.1 Å². The molecule has 1 aromatic carbocycles. The molecule has 0 saturated heterocycles. The number of benzene rings is 1. The zero-order valence-corrected chi connectivity index (χ0v) is 8.95. The fraction of sp³-hybridized carbons (Fsp3) is 0.538. The first kappa shape index (κ1) is 10.6. The smallest absolute Gasteiger partial charge is 0.126 e. The summed E-state index contributed by atoms with van der Waals surface area (Å²) in [5.74, 6) is 0.739. The second-order valence-electron chi connectivity index (χ2n) is 4.41. The summed E-state index contributed by atoms with van der Waals surface area (Å²) in [6.07, 6.45) is 4.68. The molecule has 2 rings (SSSR count). The van der Waals surface area contributed by atoms with Gasteiger partial charge in [-0.3, -0.25) is 0 Å². The highest BCUT2D eigenvalue weighted by Crippen LogP contribution is 2.37. The lowest BCUT2D eigenvalue weighted by molar-refractivity contribution is 0.308. The fourth-order valence-corrected chi connectivity index (χ4v) is 2.68. The maximum absolute atomic E-state index is 13.6. The van der Waals surface area contributed by atoms with Crippen molar-refractivity contribution in [1.29, 1.82) is 0 Å². The highest BCUT2D eigenvalue weighted by Gasteiger charge is 2.26. The minimum atomic E-state index is -0.0668. The Morgan fingerprint density at radius 1 is 1.20 bits per heavy atom. The van der Waals surface area contributed by atoms with E-state index in [-0.39, 0.29) is 5.82 Å². The Bertz CT molecular complexity index is 324. The van der Waals surface area contributed by atoms with Crippen LogP contribution in [0.1, 0.15) is 37.2 Å². The molecule has 1 aromatic rings. The van der Waals surface area contributed by atoms with Crippen LogP contribution in [-0.4, -0.2) is 6.54 Å². The molecule has 0 bridgehead atoms. The van der Waals surface area contributed by atoms with Gasteiger partial charge in [0.2, 0.25) is 0 Å². The SMILES string of the molecule is NCC1CCCCC1c1ccccc1F. The van der Waals surface area contributed by atoms with Gasteiger partial charge < -0.3 is 5.73 Å². The van der Waals surface area contributed by atoms with Crippen LogP contribution in [-0.2, 0) is 0 Å². The normalized spacial score (nSPS) is 26.5. The van der Waals surface area contributed by atoms with Crippen molar-refractivity contribution in [2.24, 2.45) is 11.7 Å². The van der Waals surface area contributed by atoms with Crippen LogP contribution < -0.4 is 5.73 Å². The molecule has 1 nitrogen and oxygen atoms in total. The lowest BCUT2D eigenvalue weighted by Gasteiger charge is -2.31. The molecule has 82 valence electrons. The second-order valence-corrected chi connectivity index (χ2v) is 4.41. The molecule has 2 N–H and O–H groups in total. The first-order valence-electron chi connectivity index (χ1n) is 5.77. The van der Waals surface area contributed by atoms with Gasteiger partial charge in [0.15, 0.2) is 0 Å². The van der Waals surface area contributed by atoms with Crippen LogP contribution in [0.4, 0.5) is 4.39 Å². The fourth-order valence-electron chi connectivity index (χ4n) is 2.68. The number of hydrogen-bond acceptors (Lipinski definition) is 1. The summed E-state index contributed by atoms with van der Waals surface area (Å²) >= 11 is 0. The zero-order valence-electron chi connectivity index (χ0n) is 8.95. The predicted octanol–water partition coefficient (Wildman–Crippen LogP) is 3.06. The highest BCUT2D eigenvalue weighted by molar-refractivity contribution is 5.23. The van der Waals surface area contributed by atoms with Crippen molar-refractivity contribution in [3.05, 3.63) is 35.6 Å². The Morgan fingerprint density at radius 2 is 1.93 bits per heavy atom. The quantitative estimate of drug-likeness (QED) is 0.792. The minimum Gasteiger partial charge on any atom is -0.330 e. The van der Waals surface area contributed by atoms with E-state index < -0.39 is 0 Å². The molecule has 1 aliphatic carbocycles. The molecule has 0 aromatic heterocycles. The molecule has 0 amide bonds. The molecule has 0 radical (unpaired) electrons. The number of halogens is 1. The maximum Gasteiger partial charge on any atom is 0.126 e. The molecule has 2 atom stereocenters. The van der Waals surface area contributed by atoms with Crippen LogP contribution in [0.2, 0.25) is 0 Å². The summed E-state index contributed by atoms with van der Waals surface area (Å²) in [4.78, 5) is 0. The van der Waals surface area contributed by atoms with Gasteiger partial charge in [0.25, 0.3) is 0 Å². The Labute approximate surface area is 90.5 Å². The summed E-state index contributed by atoms with van der Waals surface area (Å²) in [7, 11) is 0. The van der Waals surface area contributed by atoms with Crippen molar-refractivity contribution in [3.63, 3.8) is 0 Å². The molecule has 15 heavy (non-hydrogen) atoms. The Morgan fingerprint density at radius 3 is 2.67 bits per heavy atom. The van der Waals surface area contributed by atoms with E-state index in [4.69, 9.17) is 5.73 Å². The molecule has 0 spiro atoms. The third-order valence-electron chi connectivity index (χ3n) is 3.52. The Kier molecular flexibility index (Phi) is 3.37. The topological polar surface area (TPSA) is 26.0 Å². The molecule has 0 aliphatic heterocycles. The van der Waals surface area contributed by atoms with Crippen molar-refractivity contribution in [3.8, 4) is 0 Å². The van der Waals surface area contributed by atoms with Crippen molar-refractivity contribution in [1.82, 2.24) is 0 Å². The minimum absolute atomic E-state index is 0.0668. The number of hydrogen-bond donors (Lipinski definition) is 1. The summed E-state index contributed by atoms with van der Waals surface area (Å²) in [6, 6.07) is 7.13. The molecule has 1 aliphatic rings. The molecule has 1 saturated carbocycles.